The van der Waals surface area contributed by atoms with Crippen molar-refractivity contribution in [1.82, 2.24) is 0 Å². The summed E-state index contributed by atoms with van der Waals surface area (Å²) < 4.78 is 10.9. The fraction of sp³-hybridized carbons (Fsp3) is 0.188. The van der Waals surface area contributed by atoms with Gasteiger partial charge in [0.2, 0.25) is 5.91 Å². The second-order valence-electron chi connectivity index (χ2n) is 4.91. The monoisotopic (exact) mass is 301 g/mol. The molecule has 0 aromatic heterocycles. The summed E-state index contributed by atoms with van der Waals surface area (Å²) in [5, 5.41) is 21.4. The van der Waals surface area contributed by atoms with Crippen molar-refractivity contribution in [2.45, 2.75) is 6.42 Å². The zero-order valence-corrected chi connectivity index (χ0v) is 11.7. The van der Waals surface area contributed by atoms with Gasteiger partial charge in [-0.1, -0.05) is 6.07 Å². The number of ether oxygens (including phenoxy) is 2. The van der Waals surface area contributed by atoms with Gasteiger partial charge in [-0.05, 0) is 29.8 Å². The van der Waals surface area contributed by atoms with Crippen LogP contribution in [0.2, 0.25) is 0 Å². The molecule has 0 saturated carbocycles. The molecule has 0 fully saturated rings. The van der Waals surface area contributed by atoms with Crippen molar-refractivity contribution >= 4 is 11.6 Å². The minimum atomic E-state index is -0.246. The first-order valence-electron chi connectivity index (χ1n) is 6.82. The normalized spacial score (nSPS) is 12.7. The Morgan fingerprint density at radius 1 is 1.00 bits per heavy atom. The highest BCUT2D eigenvalue weighted by atomic mass is 16.6. The summed E-state index contributed by atoms with van der Waals surface area (Å²) in [4.78, 5) is 12.0. The van der Waals surface area contributed by atoms with Crippen LogP contribution in [0.25, 0.3) is 0 Å². The van der Waals surface area contributed by atoms with E-state index in [4.69, 9.17) is 9.47 Å². The molecule has 3 N–H and O–H groups in total. The molecular formula is C16H15NO5. The molecule has 1 aliphatic rings. The third-order valence-corrected chi connectivity index (χ3v) is 3.23. The second-order valence-corrected chi connectivity index (χ2v) is 4.91. The van der Waals surface area contributed by atoms with Crippen molar-refractivity contribution < 1.29 is 24.5 Å². The van der Waals surface area contributed by atoms with Gasteiger partial charge in [0.1, 0.15) is 13.2 Å². The van der Waals surface area contributed by atoms with Crippen molar-refractivity contribution in [3.05, 3.63) is 42.0 Å². The molecule has 6 nitrogen and oxygen atoms in total. The number of amides is 1. The lowest BCUT2D eigenvalue weighted by Crippen LogP contribution is -2.17. The standard InChI is InChI=1S/C16H15NO5/c18-12-3-1-10(7-13(12)19)8-16(20)17-11-2-4-14-15(9-11)22-6-5-21-14/h1-4,7,9,18-19H,5-6,8H2,(H,17,20). The Hall–Kier alpha value is -2.89. The summed E-state index contributed by atoms with van der Waals surface area (Å²) >= 11 is 0. The van der Waals surface area contributed by atoms with Gasteiger partial charge in [0.05, 0.1) is 6.42 Å². The zero-order chi connectivity index (χ0) is 15.5. The fourth-order valence-electron chi connectivity index (χ4n) is 2.19. The molecule has 6 heteroatoms. The Labute approximate surface area is 126 Å². The number of hydrogen-bond donors (Lipinski definition) is 3. The quantitative estimate of drug-likeness (QED) is 0.755. The lowest BCUT2D eigenvalue weighted by Gasteiger charge is -2.19. The molecule has 1 heterocycles. The molecule has 1 amide bonds. The molecule has 0 atom stereocenters. The average Bonchev–Trinajstić information content (AvgIpc) is 2.51. The van der Waals surface area contributed by atoms with Crippen LogP contribution in [-0.4, -0.2) is 29.3 Å². The number of phenols is 2. The molecular weight excluding hydrogens is 286 g/mol. The highest BCUT2D eigenvalue weighted by Crippen LogP contribution is 2.32. The predicted octanol–water partition coefficient (Wildman–Crippen LogP) is 2.05. The molecule has 1 aliphatic heterocycles. The highest BCUT2D eigenvalue weighted by molar-refractivity contribution is 5.92. The summed E-state index contributed by atoms with van der Waals surface area (Å²) in [6.45, 7) is 1.00. The van der Waals surface area contributed by atoms with E-state index < -0.39 is 0 Å². The molecule has 0 spiro atoms. The van der Waals surface area contributed by atoms with Crippen LogP contribution in [0.5, 0.6) is 23.0 Å². The van der Waals surface area contributed by atoms with E-state index in [0.29, 0.717) is 36.0 Å². The number of fused-ring (bicyclic) bond motifs is 1. The first-order chi connectivity index (χ1) is 10.6. The highest BCUT2D eigenvalue weighted by Gasteiger charge is 2.13. The van der Waals surface area contributed by atoms with E-state index in [1.165, 1.54) is 12.1 Å². The predicted molar refractivity (Wildman–Crippen MR) is 79.5 cm³/mol. The molecule has 3 rings (SSSR count). The summed E-state index contributed by atoms with van der Waals surface area (Å²) in [6.07, 6.45) is 0.0856. The number of nitrogens with one attached hydrogen (secondary N) is 1. The van der Waals surface area contributed by atoms with Gasteiger partial charge in [0, 0.05) is 11.8 Å². The van der Waals surface area contributed by atoms with Crippen LogP contribution in [0.15, 0.2) is 36.4 Å². The van der Waals surface area contributed by atoms with E-state index in [1.54, 1.807) is 24.3 Å². The van der Waals surface area contributed by atoms with Crippen molar-refractivity contribution in [2.24, 2.45) is 0 Å². The molecule has 22 heavy (non-hydrogen) atoms. The Morgan fingerprint density at radius 2 is 1.77 bits per heavy atom. The van der Waals surface area contributed by atoms with Gasteiger partial charge in [0.25, 0.3) is 0 Å². The van der Waals surface area contributed by atoms with E-state index >= 15 is 0 Å². The van der Waals surface area contributed by atoms with E-state index in [9.17, 15) is 15.0 Å². The van der Waals surface area contributed by atoms with Gasteiger partial charge in [-0.3, -0.25) is 4.79 Å². The maximum absolute atomic E-state index is 12.0. The molecule has 0 bridgehead atoms. The molecule has 0 unspecified atom stereocenters. The maximum Gasteiger partial charge on any atom is 0.228 e. The van der Waals surface area contributed by atoms with Gasteiger partial charge in [0.15, 0.2) is 23.0 Å². The van der Waals surface area contributed by atoms with Gasteiger partial charge in [-0.2, -0.15) is 0 Å². The average molecular weight is 301 g/mol. The van der Waals surface area contributed by atoms with E-state index in [2.05, 4.69) is 5.32 Å². The first-order valence-corrected chi connectivity index (χ1v) is 6.82. The number of aromatic hydroxyl groups is 2. The second kappa shape index (κ2) is 5.85. The molecule has 0 radical (unpaired) electrons. The third-order valence-electron chi connectivity index (χ3n) is 3.23. The smallest absolute Gasteiger partial charge is 0.228 e. The Kier molecular flexibility index (Phi) is 3.74. The molecule has 114 valence electrons. The number of carbonyl (C=O) groups is 1. The Morgan fingerprint density at radius 3 is 2.55 bits per heavy atom. The Balaban J connectivity index is 1.67. The van der Waals surface area contributed by atoms with Gasteiger partial charge < -0.3 is 25.0 Å². The summed E-state index contributed by atoms with van der Waals surface area (Å²) in [7, 11) is 0. The van der Waals surface area contributed by atoms with Crippen LogP contribution in [-0.2, 0) is 11.2 Å². The maximum atomic E-state index is 12.0. The SMILES string of the molecule is O=C(Cc1ccc(O)c(O)c1)Nc1ccc2c(c1)OCCO2. The lowest BCUT2D eigenvalue weighted by molar-refractivity contribution is -0.115. The minimum Gasteiger partial charge on any atom is -0.504 e. The molecule has 2 aromatic rings. The number of phenolic OH excluding ortho intramolecular Hbond substituents is 2. The summed E-state index contributed by atoms with van der Waals surface area (Å²) in [5.74, 6) is 0.571. The van der Waals surface area contributed by atoms with Crippen LogP contribution in [0.3, 0.4) is 0 Å². The van der Waals surface area contributed by atoms with E-state index in [0.717, 1.165) is 0 Å². The van der Waals surface area contributed by atoms with Crippen LogP contribution in [0.1, 0.15) is 5.56 Å². The number of benzene rings is 2. The lowest BCUT2D eigenvalue weighted by atomic mass is 10.1. The topological polar surface area (TPSA) is 88.0 Å². The van der Waals surface area contributed by atoms with Crippen LogP contribution >= 0.6 is 0 Å². The zero-order valence-electron chi connectivity index (χ0n) is 11.7. The van der Waals surface area contributed by atoms with Crippen molar-refractivity contribution in [2.75, 3.05) is 18.5 Å². The van der Waals surface area contributed by atoms with Crippen LogP contribution in [0, 0.1) is 0 Å². The Bertz CT molecular complexity index is 714. The number of rotatable bonds is 3. The van der Waals surface area contributed by atoms with Gasteiger partial charge in [-0.25, -0.2) is 0 Å². The minimum absolute atomic E-state index is 0.0856. The fourth-order valence-corrected chi connectivity index (χ4v) is 2.19. The van der Waals surface area contributed by atoms with Gasteiger partial charge >= 0.3 is 0 Å². The summed E-state index contributed by atoms with van der Waals surface area (Å²) in [6, 6.07) is 9.48. The largest absolute Gasteiger partial charge is 0.504 e. The molecule has 0 aliphatic carbocycles. The van der Waals surface area contributed by atoms with Crippen molar-refractivity contribution in [3.63, 3.8) is 0 Å². The van der Waals surface area contributed by atoms with Crippen molar-refractivity contribution in [1.29, 1.82) is 0 Å². The molecule has 2 aromatic carbocycles. The number of carbonyl (C=O) groups excluding carboxylic acids is 1. The van der Waals surface area contributed by atoms with Crippen LogP contribution in [0.4, 0.5) is 5.69 Å². The molecule has 0 saturated heterocycles. The van der Waals surface area contributed by atoms with E-state index in [1.807, 2.05) is 0 Å². The van der Waals surface area contributed by atoms with Gasteiger partial charge in [-0.15, -0.1) is 0 Å². The number of hydrogen-bond acceptors (Lipinski definition) is 5. The van der Waals surface area contributed by atoms with E-state index in [-0.39, 0.29) is 23.8 Å². The summed E-state index contributed by atoms with van der Waals surface area (Å²) in [5.41, 5.74) is 1.21. The first kappa shape index (κ1) is 14.1. The third kappa shape index (κ3) is 3.06. The van der Waals surface area contributed by atoms with Crippen molar-refractivity contribution in [3.8, 4) is 23.0 Å². The van der Waals surface area contributed by atoms with Crippen LogP contribution < -0.4 is 14.8 Å². The number of anilines is 1.